The SMILES string of the molecule is CC1(CC(=O)O)CCC(C(=O)O)N1. The minimum absolute atomic E-state index is 0.0310. The average Bonchev–Trinajstić information content (AvgIpc) is 2.29. The number of hydrogen-bond acceptors (Lipinski definition) is 3. The predicted octanol–water partition coefficient (Wildman–Crippen LogP) is 0.0564. The molecule has 1 aliphatic rings. The molecule has 0 saturated carbocycles. The van der Waals surface area contributed by atoms with Gasteiger partial charge in [-0.05, 0) is 19.8 Å². The molecule has 0 aromatic heterocycles. The van der Waals surface area contributed by atoms with Crippen LogP contribution in [0.5, 0.6) is 0 Å². The molecule has 0 bridgehead atoms. The van der Waals surface area contributed by atoms with Gasteiger partial charge in [0.25, 0.3) is 0 Å². The molecule has 1 rings (SSSR count). The van der Waals surface area contributed by atoms with E-state index in [2.05, 4.69) is 5.32 Å². The Morgan fingerprint density at radius 3 is 2.54 bits per heavy atom. The average molecular weight is 187 g/mol. The van der Waals surface area contributed by atoms with Gasteiger partial charge in [0.1, 0.15) is 6.04 Å². The van der Waals surface area contributed by atoms with E-state index in [0.29, 0.717) is 12.8 Å². The Morgan fingerprint density at radius 2 is 2.15 bits per heavy atom. The summed E-state index contributed by atoms with van der Waals surface area (Å²) in [5.74, 6) is -1.81. The van der Waals surface area contributed by atoms with Crippen LogP contribution in [0.15, 0.2) is 0 Å². The largest absolute Gasteiger partial charge is 0.481 e. The van der Waals surface area contributed by atoms with Crippen molar-refractivity contribution in [2.45, 2.75) is 37.8 Å². The Morgan fingerprint density at radius 1 is 1.54 bits per heavy atom. The first-order chi connectivity index (χ1) is 5.93. The molecule has 74 valence electrons. The van der Waals surface area contributed by atoms with Gasteiger partial charge in [0.05, 0.1) is 6.42 Å². The van der Waals surface area contributed by atoms with Crippen LogP contribution >= 0.6 is 0 Å². The molecule has 1 fully saturated rings. The molecule has 0 aliphatic carbocycles. The third kappa shape index (κ3) is 2.42. The molecule has 2 unspecified atom stereocenters. The van der Waals surface area contributed by atoms with E-state index in [1.165, 1.54) is 0 Å². The molecule has 2 atom stereocenters. The van der Waals surface area contributed by atoms with Crippen molar-refractivity contribution in [3.63, 3.8) is 0 Å². The Hall–Kier alpha value is -1.10. The van der Waals surface area contributed by atoms with E-state index < -0.39 is 23.5 Å². The second-order valence-electron chi connectivity index (χ2n) is 3.71. The van der Waals surface area contributed by atoms with Gasteiger partial charge < -0.3 is 10.2 Å². The van der Waals surface area contributed by atoms with Crippen molar-refractivity contribution in [3.8, 4) is 0 Å². The predicted molar refractivity (Wildman–Crippen MR) is 44.5 cm³/mol. The monoisotopic (exact) mass is 187 g/mol. The first kappa shape index (κ1) is 9.98. The Bertz CT molecular complexity index is 240. The maximum atomic E-state index is 10.6. The van der Waals surface area contributed by atoms with Crippen molar-refractivity contribution in [3.05, 3.63) is 0 Å². The molecule has 0 radical (unpaired) electrons. The van der Waals surface area contributed by atoms with Crippen LogP contribution < -0.4 is 5.32 Å². The molecule has 0 aromatic carbocycles. The Balaban J connectivity index is 2.56. The first-order valence-corrected chi connectivity index (χ1v) is 4.15. The fourth-order valence-electron chi connectivity index (χ4n) is 1.69. The van der Waals surface area contributed by atoms with E-state index in [9.17, 15) is 9.59 Å². The van der Waals surface area contributed by atoms with Crippen molar-refractivity contribution in [2.75, 3.05) is 0 Å². The number of carbonyl (C=O) groups is 2. The van der Waals surface area contributed by atoms with E-state index in [4.69, 9.17) is 10.2 Å². The van der Waals surface area contributed by atoms with Crippen LogP contribution in [0.3, 0.4) is 0 Å². The highest BCUT2D eigenvalue weighted by Crippen LogP contribution is 2.26. The molecule has 1 aliphatic heterocycles. The molecule has 13 heavy (non-hydrogen) atoms. The summed E-state index contributed by atoms with van der Waals surface area (Å²) in [4.78, 5) is 21.0. The zero-order chi connectivity index (χ0) is 10.1. The molecular weight excluding hydrogens is 174 g/mol. The summed E-state index contributed by atoms with van der Waals surface area (Å²) in [6.45, 7) is 1.74. The summed E-state index contributed by atoms with van der Waals surface area (Å²) in [6.07, 6.45) is 1.06. The van der Waals surface area contributed by atoms with Crippen LogP contribution in [0.2, 0.25) is 0 Å². The number of rotatable bonds is 3. The highest BCUT2D eigenvalue weighted by molar-refractivity contribution is 5.75. The van der Waals surface area contributed by atoms with Crippen LogP contribution in [-0.4, -0.2) is 33.7 Å². The third-order valence-electron chi connectivity index (χ3n) is 2.35. The lowest BCUT2D eigenvalue weighted by atomic mass is 9.96. The Kier molecular flexibility index (Phi) is 2.56. The quantitative estimate of drug-likeness (QED) is 0.581. The van der Waals surface area contributed by atoms with Crippen molar-refractivity contribution >= 4 is 11.9 Å². The molecule has 5 heteroatoms. The standard InChI is InChI=1S/C8H13NO4/c1-8(4-6(10)11)3-2-5(9-8)7(12)13/h5,9H,2-4H2,1H3,(H,10,11)(H,12,13). The van der Waals surface area contributed by atoms with E-state index in [1.807, 2.05) is 0 Å². The lowest BCUT2D eigenvalue weighted by molar-refractivity contribution is -0.141. The number of carboxylic acids is 2. The summed E-state index contributed by atoms with van der Waals surface area (Å²) in [7, 11) is 0. The zero-order valence-corrected chi connectivity index (χ0v) is 7.41. The summed E-state index contributed by atoms with van der Waals surface area (Å²) < 4.78 is 0. The van der Waals surface area contributed by atoms with Gasteiger partial charge >= 0.3 is 11.9 Å². The molecule has 1 heterocycles. The maximum absolute atomic E-state index is 10.6. The smallest absolute Gasteiger partial charge is 0.320 e. The molecule has 5 nitrogen and oxygen atoms in total. The summed E-state index contributed by atoms with van der Waals surface area (Å²) >= 11 is 0. The summed E-state index contributed by atoms with van der Waals surface area (Å²) in [5.41, 5.74) is -0.561. The second-order valence-corrected chi connectivity index (χ2v) is 3.71. The number of carboxylic acid groups (broad SMARTS) is 2. The van der Waals surface area contributed by atoms with Crippen LogP contribution in [0.4, 0.5) is 0 Å². The minimum atomic E-state index is -0.908. The summed E-state index contributed by atoms with van der Waals surface area (Å²) in [6, 6.07) is -0.593. The molecule has 0 amide bonds. The number of aliphatic carboxylic acids is 2. The lowest BCUT2D eigenvalue weighted by Gasteiger charge is -2.22. The zero-order valence-electron chi connectivity index (χ0n) is 7.41. The maximum Gasteiger partial charge on any atom is 0.320 e. The van der Waals surface area contributed by atoms with Crippen molar-refractivity contribution in [1.29, 1.82) is 0 Å². The van der Waals surface area contributed by atoms with Gasteiger partial charge in [-0.3, -0.25) is 14.9 Å². The number of nitrogens with one attached hydrogen (secondary N) is 1. The fraction of sp³-hybridized carbons (Fsp3) is 0.750. The highest BCUT2D eigenvalue weighted by atomic mass is 16.4. The fourth-order valence-corrected chi connectivity index (χ4v) is 1.69. The van der Waals surface area contributed by atoms with Crippen LogP contribution in [0, 0.1) is 0 Å². The molecule has 3 N–H and O–H groups in total. The molecular formula is C8H13NO4. The van der Waals surface area contributed by atoms with Crippen LogP contribution in [-0.2, 0) is 9.59 Å². The van der Waals surface area contributed by atoms with Gasteiger partial charge in [0, 0.05) is 5.54 Å². The van der Waals surface area contributed by atoms with Gasteiger partial charge in [-0.2, -0.15) is 0 Å². The topological polar surface area (TPSA) is 86.6 Å². The van der Waals surface area contributed by atoms with E-state index >= 15 is 0 Å². The molecule has 0 spiro atoms. The first-order valence-electron chi connectivity index (χ1n) is 4.15. The highest BCUT2D eigenvalue weighted by Gasteiger charge is 2.38. The number of hydrogen-bond donors (Lipinski definition) is 3. The van der Waals surface area contributed by atoms with Gasteiger partial charge in [-0.1, -0.05) is 0 Å². The van der Waals surface area contributed by atoms with Crippen molar-refractivity contribution in [2.24, 2.45) is 0 Å². The normalized spacial score (nSPS) is 33.2. The summed E-state index contributed by atoms with van der Waals surface area (Å²) in [5, 5.41) is 20.1. The molecule has 0 aromatic rings. The third-order valence-corrected chi connectivity index (χ3v) is 2.35. The van der Waals surface area contributed by atoms with Gasteiger partial charge in [-0.15, -0.1) is 0 Å². The van der Waals surface area contributed by atoms with E-state index in [1.54, 1.807) is 6.92 Å². The molecule has 1 saturated heterocycles. The van der Waals surface area contributed by atoms with E-state index in [-0.39, 0.29) is 6.42 Å². The van der Waals surface area contributed by atoms with Gasteiger partial charge in [-0.25, -0.2) is 0 Å². The second kappa shape index (κ2) is 3.33. The lowest BCUT2D eigenvalue weighted by Crippen LogP contribution is -2.44. The Labute approximate surface area is 75.7 Å². The van der Waals surface area contributed by atoms with Gasteiger partial charge in [0.15, 0.2) is 0 Å². The van der Waals surface area contributed by atoms with Crippen molar-refractivity contribution < 1.29 is 19.8 Å². The van der Waals surface area contributed by atoms with Crippen LogP contribution in [0.25, 0.3) is 0 Å². The van der Waals surface area contributed by atoms with Crippen LogP contribution in [0.1, 0.15) is 26.2 Å². The van der Waals surface area contributed by atoms with Gasteiger partial charge in [0.2, 0.25) is 0 Å². The minimum Gasteiger partial charge on any atom is -0.481 e. The van der Waals surface area contributed by atoms with E-state index in [0.717, 1.165) is 0 Å². The van der Waals surface area contributed by atoms with Crippen molar-refractivity contribution in [1.82, 2.24) is 5.32 Å².